The maximum absolute atomic E-state index is 14.0. The topological polar surface area (TPSA) is 104 Å². The molecule has 3 heterocycles. The number of methoxy groups -OCH3 is 1. The molecule has 1 aromatic carbocycles. The van der Waals surface area contributed by atoms with E-state index in [9.17, 15) is 4.39 Å². The van der Waals surface area contributed by atoms with Crippen LogP contribution < -0.4 is 10.5 Å². The number of ether oxygens (including phenoxy) is 2. The molecular weight excluding hydrogens is 437 g/mol. The molecule has 0 fully saturated rings. The SMILES string of the molecule is COCC(C)Oc1nc(N)c2nc(-c3cncc(F)c3)n(Cc3ccc(CN(C)C)cc3)c2n1. The number of nitrogens with zero attached hydrogens (tertiary/aromatic N) is 6. The quantitative estimate of drug-likeness (QED) is 0.402. The number of hydrogen-bond donors (Lipinski definition) is 1. The summed E-state index contributed by atoms with van der Waals surface area (Å²) in [5.74, 6) is 0.207. The summed E-state index contributed by atoms with van der Waals surface area (Å²) in [6.07, 6.45) is 2.44. The number of halogens is 1. The van der Waals surface area contributed by atoms with E-state index in [1.54, 1.807) is 13.3 Å². The van der Waals surface area contributed by atoms with E-state index < -0.39 is 5.82 Å². The molecule has 0 saturated heterocycles. The second-order valence-corrected chi connectivity index (χ2v) is 8.42. The van der Waals surface area contributed by atoms with E-state index in [2.05, 4.69) is 49.1 Å². The smallest absolute Gasteiger partial charge is 0.320 e. The predicted molar refractivity (Wildman–Crippen MR) is 128 cm³/mol. The minimum absolute atomic E-state index is 0.126. The van der Waals surface area contributed by atoms with Gasteiger partial charge in [0.05, 0.1) is 19.3 Å². The first-order chi connectivity index (χ1) is 16.3. The molecule has 1 unspecified atom stereocenters. The van der Waals surface area contributed by atoms with Crippen LogP contribution in [0.3, 0.4) is 0 Å². The third kappa shape index (κ3) is 5.29. The fourth-order valence-corrected chi connectivity index (χ4v) is 3.70. The van der Waals surface area contributed by atoms with Crippen LogP contribution in [0.25, 0.3) is 22.6 Å². The standard InChI is InChI=1S/C24H28FN7O2/c1-15(14-33-4)34-24-29-21(26)20-23(30-24)32(22(28-20)18-9-19(25)11-27-10-18)13-17-7-5-16(6-8-17)12-31(2)3/h5-11,15H,12-14H2,1-4H3,(H2,26,29,30). The predicted octanol–water partition coefficient (Wildman–Crippen LogP) is 3.13. The summed E-state index contributed by atoms with van der Waals surface area (Å²) in [7, 11) is 5.65. The number of fused-ring (bicyclic) bond motifs is 1. The van der Waals surface area contributed by atoms with Gasteiger partial charge in [-0.1, -0.05) is 24.3 Å². The van der Waals surface area contributed by atoms with E-state index in [0.29, 0.717) is 35.7 Å². The Balaban J connectivity index is 1.80. The third-order valence-corrected chi connectivity index (χ3v) is 5.13. The van der Waals surface area contributed by atoms with Crippen LogP contribution in [0.1, 0.15) is 18.1 Å². The zero-order chi connectivity index (χ0) is 24.2. The van der Waals surface area contributed by atoms with Gasteiger partial charge in [-0.05, 0) is 38.2 Å². The molecular formula is C24H28FN7O2. The number of aromatic nitrogens is 5. The van der Waals surface area contributed by atoms with Gasteiger partial charge in [0, 0.05) is 25.4 Å². The van der Waals surface area contributed by atoms with Gasteiger partial charge in [-0.2, -0.15) is 9.97 Å². The minimum atomic E-state index is -0.458. The first kappa shape index (κ1) is 23.5. The second-order valence-electron chi connectivity index (χ2n) is 8.42. The van der Waals surface area contributed by atoms with Crippen molar-refractivity contribution in [1.29, 1.82) is 0 Å². The summed E-state index contributed by atoms with van der Waals surface area (Å²) in [5, 5.41) is 0. The molecule has 1 atom stereocenters. The van der Waals surface area contributed by atoms with Crippen molar-refractivity contribution >= 4 is 17.0 Å². The molecule has 0 aliphatic rings. The van der Waals surface area contributed by atoms with Crippen LogP contribution in [0.15, 0.2) is 42.7 Å². The Morgan fingerprint density at radius 3 is 2.50 bits per heavy atom. The summed E-state index contributed by atoms with van der Waals surface area (Å²) in [4.78, 5) is 19.6. The van der Waals surface area contributed by atoms with Gasteiger partial charge in [0.2, 0.25) is 0 Å². The molecule has 0 bridgehead atoms. The Labute approximate surface area is 197 Å². The minimum Gasteiger partial charge on any atom is -0.458 e. The lowest BCUT2D eigenvalue weighted by molar-refractivity contribution is 0.0859. The van der Waals surface area contributed by atoms with Crippen LogP contribution in [0.5, 0.6) is 6.01 Å². The highest BCUT2D eigenvalue weighted by molar-refractivity contribution is 5.85. The average molecular weight is 466 g/mol. The molecule has 178 valence electrons. The van der Waals surface area contributed by atoms with Crippen LogP contribution in [0.4, 0.5) is 10.2 Å². The molecule has 0 spiro atoms. The van der Waals surface area contributed by atoms with Crippen molar-refractivity contribution < 1.29 is 13.9 Å². The number of hydrogen-bond acceptors (Lipinski definition) is 8. The van der Waals surface area contributed by atoms with Crippen LogP contribution >= 0.6 is 0 Å². The van der Waals surface area contributed by atoms with Crippen molar-refractivity contribution in [3.63, 3.8) is 0 Å². The third-order valence-electron chi connectivity index (χ3n) is 5.13. The Kier molecular flexibility index (Phi) is 6.99. The number of pyridine rings is 1. The summed E-state index contributed by atoms with van der Waals surface area (Å²) in [6, 6.07) is 9.79. The van der Waals surface area contributed by atoms with Gasteiger partial charge in [-0.25, -0.2) is 9.37 Å². The van der Waals surface area contributed by atoms with E-state index >= 15 is 0 Å². The van der Waals surface area contributed by atoms with Gasteiger partial charge < -0.3 is 24.7 Å². The first-order valence-electron chi connectivity index (χ1n) is 10.9. The highest BCUT2D eigenvalue weighted by Crippen LogP contribution is 2.29. The number of rotatable bonds is 9. The number of anilines is 1. The first-order valence-corrected chi connectivity index (χ1v) is 10.9. The summed E-state index contributed by atoms with van der Waals surface area (Å²) < 4.78 is 26.8. The molecule has 0 radical (unpaired) electrons. The number of benzene rings is 1. The zero-order valence-corrected chi connectivity index (χ0v) is 19.7. The molecule has 0 aliphatic heterocycles. The monoisotopic (exact) mass is 465 g/mol. The summed E-state index contributed by atoms with van der Waals surface area (Å²) >= 11 is 0. The highest BCUT2D eigenvalue weighted by atomic mass is 19.1. The average Bonchev–Trinajstić information content (AvgIpc) is 3.14. The molecule has 0 aliphatic carbocycles. The normalized spacial score (nSPS) is 12.4. The van der Waals surface area contributed by atoms with Crippen LogP contribution in [0, 0.1) is 5.82 Å². The summed E-state index contributed by atoms with van der Waals surface area (Å²) in [5.41, 5.74) is 9.87. The van der Waals surface area contributed by atoms with Gasteiger partial charge in [-0.15, -0.1) is 0 Å². The van der Waals surface area contributed by atoms with Crippen molar-refractivity contribution in [2.75, 3.05) is 33.5 Å². The highest BCUT2D eigenvalue weighted by Gasteiger charge is 2.20. The van der Waals surface area contributed by atoms with Gasteiger partial charge in [-0.3, -0.25) is 4.98 Å². The molecule has 4 rings (SSSR count). The Morgan fingerprint density at radius 2 is 1.82 bits per heavy atom. The largest absolute Gasteiger partial charge is 0.458 e. The molecule has 3 aromatic heterocycles. The Hall–Kier alpha value is -3.63. The number of nitrogens with two attached hydrogens (primary N) is 1. The Morgan fingerprint density at radius 1 is 1.09 bits per heavy atom. The van der Waals surface area contributed by atoms with E-state index in [0.717, 1.165) is 18.3 Å². The van der Waals surface area contributed by atoms with E-state index in [-0.39, 0.29) is 17.9 Å². The Bertz CT molecular complexity index is 1270. The fraction of sp³-hybridized carbons (Fsp3) is 0.333. The van der Waals surface area contributed by atoms with Crippen molar-refractivity contribution in [3.8, 4) is 17.4 Å². The molecule has 34 heavy (non-hydrogen) atoms. The van der Waals surface area contributed by atoms with Crippen LogP contribution in [0.2, 0.25) is 0 Å². The van der Waals surface area contributed by atoms with Gasteiger partial charge in [0.1, 0.15) is 17.7 Å². The lowest BCUT2D eigenvalue weighted by Gasteiger charge is -2.13. The number of imidazole rings is 1. The molecule has 10 heteroatoms. The summed E-state index contributed by atoms with van der Waals surface area (Å²) in [6.45, 7) is 3.51. The van der Waals surface area contributed by atoms with E-state index in [4.69, 9.17) is 15.2 Å². The fourth-order valence-electron chi connectivity index (χ4n) is 3.70. The number of nitrogen functional groups attached to an aromatic ring is 1. The van der Waals surface area contributed by atoms with Gasteiger partial charge in [0.25, 0.3) is 0 Å². The maximum Gasteiger partial charge on any atom is 0.320 e. The van der Waals surface area contributed by atoms with Crippen molar-refractivity contribution in [2.45, 2.75) is 26.1 Å². The lowest BCUT2D eigenvalue weighted by Crippen LogP contribution is -2.19. The molecule has 2 N–H and O–H groups in total. The molecule has 0 amide bonds. The second kappa shape index (κ2) is 10.1. The van der Waals surface area contributed by atoms with Crippen LogP contribution in [-0.2, 0) is 17.8 Å². The molecule has 9 nitrogen and oxygen atoms in total. The van der Waals surface area contributed by atoms with E-state index in [1.165, 1.54) is 11.6 Å². The lowest BCUT2D eigenvalue weighted by atomic mass is 10.1. The van der Waals surface area contributed by atoms with Gasteiger partial charge >= 0.3 is 6.01 Å². The molecule has 0 saturated carbocycles. The van der Waals surface area contributed by atoms with Crippen molar-refractivity contribution in [2.24, 2.45) is 0 Å². The van der Waals surface area contributed by atoms with Crippen molar-refractivity contribution in [3.05, 3.63) is 59.7 Å². The van der Waals surface area contributed by atoms with E-state index in [1.807, 2.05) is 25.6 Å². The van der Waals surface area contributed by atoms with Crippen LogP contribution in [-0.4, -0.2) is 63.3 Å². The molecule has 4 aromatic rings. The zero-order valence-electron chi connectivity index (χ0n) is 19.7. The van der Waals surface area contributed by atoms with Gasteiger partial charge in [0.15, 0.2) is 17.0 Å². The van der Waals surface area contributed by atoms with Crippen molar-refractivity contribution in [1.82, 2.24) is 29.4 Å². The maximum atomic E-state index is 14.0.